The molecule has 2 unspecified atom stereocenters. The van der Waals surface area contributed by atoms with Crippen molar-refractivity contribution in [2.45, 2.75) is 98.0 Å². The highest BCUT2D eigenvalue weighted by Crippen LogP contribution is 2.32. The van der Waals surface area contributed by atoms with Crippen molar-refractivity contribution in [3.8, 4) is 0 Å². The van der Waals surface area contributed by atoms with Crippen molar-refractivity contribution in [1.29, 1.82) is 0 Å². The third-order valence-electron chi connectivity index (χ3n) is 4.62. The zero-order chi connectivity index (χ0) is 25.8. The van der Waals surface area contributed by atoms with Crippen molar-refractivity contribution < 1.29 is 19.1 Å². The van der Waals surface area contributed by atoms with Crippen LogP contribution in [0.4, 0.5) is 4.79 Å². The van der Waals surface area contributed by atoms with Crippen LogP contribution in [0.3, 0.4) is 0 Å². The lowest BCUT2D eigenvalue weighted by atomic mass is 9.92. The molecule has 2 N–H and O–H groups in total. The molecule has 0 aliphatic carbocycles. The number of hydrogen-bond acceptors (Lipinski definition) is 5. The number of amides is 3. The summed E-state index contributed by atoms with van der Waals surface area (Å²) in [6.45, 7) is 18.4. The average molecular weight is 480 g/mol. The molecule has 1 aromatic rings. The molecule has 0 heterocycles. The van der Waals surface area contributed by atoms with Crippen LogP contribution in [0.2, 0.25) is 0 Å². The fourth-order valence-electron chi connectivity index (χ4n) is 3.38. The summed E-state index contributed by atoms with van der Waals surface area (Å²) in [4.78, 5) is 41.4. The first-order valence-corrected chi connectivity index (χ1v) is 11.8. The Morgan fingerprint density at radius 2 is 1.55 bits per heavy atom. The number of benzene rings is 1. The van der Waals surface area contributed by atoms with Crippen LogP contribution in [0.15, 0.2) is 24.3 Å². The molecule has 0 aliphatic rings. The first-order chi connectivity index (χ1) is 14.9. The minimum atomic E-state index is -0.976. The first kappa shape index (κ1) is 28.8. The minimum Gasteiger partial charge on any atom is -0.444 e. The monoisotopic (exact) mass is 479 g/mol. The Kier molecular flexibility index (Phi) is 9.43. The molecule has 186 valence electrons. The zero-order valence-electron chi connectivity index (χ0n) is 21.7. The number of ether oxygens (including phenoxy) is 1. The number of carbonyl (C=O) groups is 3. The van der Waals surface area contributed by atoms with Gasteiger partial charge in [-0.15, -0.1) is 0 Å². The van der Waals surface area contributed by atoms with Gasteiger partial charge in [0.05, 0.1) is 0 Å². The SMILES string of the molecule is Cc1ccccc1C(C(=O)NC(C)(C)C)N(C(=O)C(CS)NC(=O)OC(C)(C)C)C(C)(C)C. The van der Waals surface area contributed by atoms with E-state index in [9.17, 15) is 14.4 Å². The van der Waals surface area contributed by atoms with Gasteiger partial charge in [0.2, 0.25) is 11.8 Å². The molecule has 33 heavy (non-hydrogen) atoms. The summed E-state index contributed by atoms with van der Waals surface area (Å²) < 4.78 is 5.33. The molecule has 0 fully saturated rings. The van der Waals surface area contributed by atoms with Crippen molar-refractivity contribution in [3.63, 3.8) is 0 Å². The molecule has 7 nitrogen and oxygen atoms in total. The number of rotatable bonds is 6. The third kappa shape index (κ3) is 8.91. The summed E-state index contributed by atoms with van der Waals surface area (Å²) in [6.07, 6.45) is -0.713. The molecular weight excluding hydrogens is 438 g/mol. The quantitative estimate of drug-likeness (QED) is 0.528. The smallest absolute Gasteiger partial charge is 0.408 e. The Labute approximate surface area is 204 Å². The van der Waals surface area contributed by atoms with E-state index in [2.05, 4.69) is 23.3 Å². The minimum absolute atomic E-state index is 0.0477. The Bertz CT molecular complexity index is 850. The van der Waals surface area contributed by atoms with Crippen LogP contribution in [0.5, 0.6) is 0 Å². The average Bonchev–Trinajstić information content (AvgIpc) is 2.60. The number of thiol groups is 1. The maximum atomic E-state index is 13.8. The maximum Gasteiger partial charge on any atom is 0.408 e. The van der Waals surface area contributed by atoms with Crippen molar-refractivity contribution in [2.75, 3.05) is 5.75 Å². The molecule has 0 saturated carbocycles. The summed E-state index contributed by atoms with van der Waals surface area (Å²) in [6, 6.07) is 5.62. The van der Waals surface area contributed by atoms with Gasteiger partial charge in [-0.3, -0.25) is 9.59 Å². The van der Waals surface area contributed by atoms with Crippen LogP contribution >= 0.6 is 12.6 Å². The predicted molar refractivity (Wildman–Crippen MR) is 135 cm³/mol. The summed E-state index contributed by atoms with van der Waals surface area (Å²) in [5, 5.41) is 5.64. The first-order valence-electron chi connectivity index (χ1n) is 11.2. The van der Waals surface area contributed by atoms with Crippen LogP contribution in [0.1, 0.15) is 79.5 Å². The molecular formula is C25H41N3O4S. The van der Waals surface area contributed by atoms with Crippen LogP contribution in [-0.4, -0.2) is 51.3 Å². The van der Waals surface area contributed by atoms with Gasteiger partial charge in [-0.2, -0.15) is 12.6 Å². The van der Waals surface area contributed by atoms with E-state index in [4.69, 9.17) is 4.74 Å². The van der Waals surface area contributed by atoms with Gasteiger partial charge in [0.15, 0.2) is 0 Å². The standard InChI is InChI=1S/C25H41N3O4S/c1-16-13-11-12-14-17(16)19(20(29)27-23(2,3)4)28(24(5,6)7)21(30)18(15-33)26-22(31)32-25(8,9)10/h11-14,18-19,33H,15H2,1-10H3,(H,26,31)(H,27,29). The molecule has 0 spiro atoms. The van der Waals surface area contributed by atoms with Crippen LogP contribution in [0, 0.1) is 6.92 Å². The normalized spacial score (nSPS) is 14.2. The number of hydrogen-bond donors (Lipinski definition) is 3. The number of carbonyl (C=O) groups excluding carboxylic acids is 3. The lowest BCUT2D eigenvalue weighted by Gasteiger charge is -2.44. The van der Waals surface area contributed by atoms with Crippen molar-refractivity contribution in [3.05, 3.63) is 35.4 Å². The van der Waals surface area contributed by atoms with E-state index in [1.807, 2.05) is 72.7 Å². The Morgan fingerprint density at radius 1 is 1.00 bits per heavy atom. The highest BCUT2D eigenvalue weighted by atomic mass is 32.1. The molecule has 0 saturated heterocycles. The third-order valence-corrected chi connectivity index (χ3v) is 4.98. The summed E-state index contributed by atoms with van der Waals surface area (Å²) in [5.41, 5.74) is -0.346. The second kappa shape index (κ2) is 10.8. The van der Waals surface area contributed by atoms with Gasteiger partial charge in [-0.1, -0.05) is 24.3 Å². The number of alkyl carbamates (subject to hydrolysis) is 1. The molecule has 0 bridgehead atoms. The van der Waals surface area contributed by atoms with Gasteiger partial charge in [0.25, 0.3) is 0 Å². The number of aryl methyl sites for hydroxylation is 1. The van der Waals surface area contributed by atoms with E-state index in [1.165, 1.54) is 4.90 Å². The summed E-state index contributed by atoms with van der Waals surface area (Å²) in [5.74, 6) is -0.664. The second-order valence-electron chi connectivity index (χ2n) is 11.3. The largest absolute Gasteiger partial charge is 0.444 e. The van der Waals surface area contributed by atoms with Gasteiger partial charge < -0.3 is 20.3 Å². The highest BCUT2D eigenvalue weighted by molar-refractivity contribution is 7.80. The van der Waals surface area contributed by atoms with Crippen molar-refractivity contribution in [1.82, 2.24) is 15.5 Å². The van der Waals surface area contributed by atoms with Gasteiger partial charge >= 0.3 is 6.09 Å². The molecule has 0 aromatic heterocycles. The topological polar surface area (TPSA) is 87.7 Å². The Morgan fingerprint density at radius 3 is 1.97 bits per heavy atom. The zero-order valence-corrected chi connectivity index (χ0v) is 22.6. The second-order valence-corrected chi connectivity index (χ2v) is 11.6. The summed E-state index contributed by atoms with van der Waals surface area (Å²) >= 11 is 4.31. The van der Waals surface area contributed by atoms with Crippen LogP contribution in [-0.2, 0) is 14.3 Å². The van der Waals surface area contributed by atoms with Crippen molar-refractivity contribution in [2.24, 2.45) is 0 Å². The van der Waals surface area contributed by atoms with Gasteiger partial charge in [0, 0.05) is 16.8 Å². The highest BCUT2D eigenvalue weighted by Gasteiger charge is 2.42. The number of nitrogens with one attached hydrogen (secondary N) is 2. The molecule has 8 heteroatoms. The molecule has 3 amide bonds. The van der Waals surface area contributed by atoms with E-state index in [0.29, 0.717) is 0 Å². The summed E-state index contributed by atoms with van der Waals surface area (Å²) in [7, 11) is 0. The van der Waals surface area contributed by atoms with Crippen molar-refractivity contribution >= 4 is 30.5 Å². The fraction of sp³-hybridized carbons (Fsp3) is 0.640. The van der Waals surface area contributed by atoms with Gasteiger partial charge in [-0.25, -0.2) is 4.79 Å². The van der Waals surface area contributed by atoms with E-state index < -0.39 is 40.8 Å². The molecule has 2 atom stereocenters. The Hall–Kier alpha value is -2.22. The van der Waals surface area contributed by atoms with E-state index in [1.54, 1.807) is 20.8 Å². The molecule has 1 rings (SSSR count). The Balaban J connectivity index is 3.52. The van der Waals surface area contributed by atoms with Crippen LogP contribution in [0.25, 0.3) is 0 Å². The fourth-order valence-corrected chi connectivity index (χ4v) is 3.62. The lowest BCUT2D eigenvalue weighted by molar-refractivity contribution is -0.148. The molecule has 1 aromatic carbocycles. The van der Waals surface area contributed by atoms with Gasteiger partial charge in [0.1, 0.15) is 17.7 Å². The maximum absolute atomic E-state index is 13.8. The van der Waals surface area contributed by atoms with E-state index in [-0.39, 0.29) is 11.7 Å². The van der Waals surface area contributed by atoms with E-state index in [0.717, 1.165) is 11.1 Å². The lowest BCUT2D eigenvalue weighted by Crippen LogP contribution is -2.60. The molecule has 0 radical (unpaired) electrons. The van der Waals surface area contributed by atoms with E-state index >= 15 is 0 Å². The van der Waals surface area contributed by atoms with Gasteiger partial charge in [-0.05, 0) is 80.4 Å². The number of nitrogens with zero attached hydrogens (tertiary/aromatic N) is 1. The predicted octanol–water partition coefficient (Wildman–Crippen LogP) is 4.40. The van der Waals surface area contributed by atoms with Crippen LogP contribution < -0.4 is 10.6 Å². The molecule has 0 aliphatic heterocycles.